The molecule has 0 aliphatic carbocycles. The molecule has 9 nitrogen and oxygen atoms in total. The third kappa shape index (κ3) is 6.74. The van der Waals surface area contributed by atoms with Crippen LogP contribution in [0.5, 0.6) is 5.75 Å². The molecule has 2 aromatic carbocycles. The minimum atomic E-state index is -0.945. The highest BCUT2D eigenvalue weighted by Gasteiger charge is 2.23. The molecule has 1 fully saturated rings. The Balaban J connectivity index is 1.08. The number of benzene rings is 2. The normalized spacial score (nSPS) is 14.5. The van der Waals surface area contributed by atoms with Crippen LogP contribution in [0, 0.1) is 5.92 Å². The summed E-state index contributed by atoms with van der Waals surface area (Å²) in [7, 11) is 0. The quantitative estimate of drug-likeness (QED) is 0.171. The highest BCUT2D eigenvalue weighted by Crippen LogP contribution is 2.29. The van der Waals surface area contributed by atoms with Crippen molar-refractivity contribution in [2.45, 2.75) is 52.4 Å². The molecule has 11 heteroatoms. The van der Waals surface area contributed by atoms with Crippen molar-refractivity contribution in [3.63, 3.8) is 0 Å². The number of aryl methyl sites for hydroxylation is 1. The fraction of sp³-hybridized carbons (Fsp3) is 0.344. The van der Waals surface area contributed by atoms with Crippen molar-refractivity contribution in [3.05, 3.63) is 99.7 Å². The Bertz CT molecular complexity index is 1730. The first-order valence-corrected chi connectivity index (χ1v) is 15.2. The van der Waals surface area contributed by atoms with Crippen LogP contribution in [0.2, 0.25) is 10.0 Å². The Morgan fingerprint density at radius 3 is 2.65 bits per heavy atom. The number of nitrogens with zero attached hydrogens (tertiary/aromatic N) is 5. The fourth-order valence-corrected chi connectivity index (χ4v) is 6.18. The molecule has 1 saturated heterocycles. The number of furan rings is 1. The zero-order chi connectivity index (χ0) is 29.9. The number of imidazole rings is 2. The summed E-state index contributed by atoms with van der Waals surface area (Å²) >= 11 is 12.2. The van der Waals surface area contributed by atoms with Gasteiger partial charge in [0, 0.05) is 24.2 Å². The molecule has 43 heavy (non-hydrogen) atoms. The molecular formula is C32H33Cl2N5O4. The predicted octanol–water partition coefficient (Wildman–Crippen LogP) is 6.93. The number of aromatic nitrogens is 4. The van der Waals surface area contributed by atoms with Crippen molar-refractivity contribution in [1.29, 1.82) is 0 Å². The van der Waals surface area contributed by atoms with Gasteiger partial charge in [-0.1, -0.05) is 23.2 Å². The monoisotopic (exact) mass is 621 g/mol. The number of carboxylic acids is 1. The smallest absolute Gasteiger partial charge is 0.335 e. The molecule has 1 aliphatic rings. The fourth-order valence-electron chi connectivity index (χ4n) is 5.71. The van der Waals surface area contributed by atoms with Crippen LogP contribution in [-0.4, -0.2) is 48.2 Å². The van der Waals surface area contributed by atoms with Crippen LogP contribution in [0.1, 0.15) is 53.2 Å². The number of hydrogen-bond acceptors (Lipinski definition) is 6. The second kappa shape index (κ2) is 12.8. The summed E-state index contributed by atoms with van der Waals surface area (Å²) in [5, 5.41) is 10.6. The second-order valence-corrected chi connectivity index (χ2v) is 11.8. The molecule has 1 N–H and O–H groups in total. The summed E-state index contributed by atoms with van der Waals surface area (Å²) < 4.78 is 16.1. The lowest BCUT2D eigenvalue weighted by Gasteiger charge is -2.31. The third-order valence-corrected chi connectivity index (χ3v) is 8.61. The average Bonchev–Trinajstić information content (AvgIpc) is 3.72. The van der Waals surface area contributed by atoms with Gasteiger partial charge in [-0.25, -0.2) is 14.8 Å². The average molecular weight is 623 g/mol. The van der Waals surface area contributed by atoms with E-state index in [0.717, 1.165) is 73.0 Å². The Morgan fingerprint density at radius 2 is 1.88 bits per heavy atom. The summed E-state index contributed by atoms with van der Waals surface area (Å²) in [5.74, 6) is 2.80. The van der Waals surface area contributed by atoms with Crippen molar-refractivity contribution in [1.82, 2.24) is 24.0 Å². The molecule has 6 rings (SSSR count). The SMILES string of the molecule is CCn1cncc1Cn1c(CN2CCC(Cc3ccc(COc4ccc(Cl)cc4Cl)o3)CC2)nc2ccc(C(=O)O)cc21. The summed E-state index contributed by atoms with van der Waals surface area (Å²) in [6.45, 7) is 6.37. The van der Waals surface area contributed by atoms with Gasteiger partial charge >= 0.3 is 5.97 Å². The van der Waals surface area contributed by atoms with Crippen LogP contribution in [-0.2, 0) is 32.7 Å². The number of aromatic carboxylic acids is 1. The number of likely N-dealkylation sites (tertiary alicyclic amines) is 1. The minimum Gasteiger partial charge on any atom is -0.484 e. The zero-order valence-corrected chi connectivity index (χ0v) is 25.4. The molecule has 0 amide bonds. The van der Waals surface area contributed by atoms with E-state index in [4.69, 9.17) is 37.3 Å². The van der Waals surface area contributed by atoms with Gasteiger partial charge < -0.3 is 23.4 Å². The first-order chi connectivity index (χ1) is 20.9. The molecule has 0 saturated carbocycles. The van der Waals surface area contributed by atoms with Gasteiger partial charge in [-0.15, -0.1) is 0 Å². The first-order valence-electron chi connectivity index (χ1n) is 14.5. The molecule has 0 atom stereocenters. The lowest BCUT2D eigenvalue weighted by Crippen LogP contribution is -2.34. The Morgan fingerprint density at radius 1 is 1.07 bits per heavy atom. The van der Waals surface area contributed by atoms with E-state index >= 15 is 0 Å². The molecular weight excluding hydrogens is 589 g/mol. The van der Waals surface area contributed by atoms with E-state index in [9.17, 15) is 9.90 Å². The van der Waals surface area contributed by atoms with E-state index in [0.29, 0.717) is 41.4 Å². The molecule has 224 valence electrons. The van der Waals surface area contributed by atoms with Gasteiger partial charge in [-0.3, -0.25) is 4.90 Å². The number of rotatable bonds is 11. The van der Waals surface area contributed by atoms with Crippen molar-refractivity contribution in [2.24, 2.45) is 5.92 Å². The number of fused-ring (bicyclic) bond motifs is 1. The number of hydrogen-bond donors (Lipinski definition) is 1. The number of piperidine rings is 1. The van der Waals surface area contributed by atoms with E-state index in [1.54, 1.807) is 36.4 Å². The highest BCUT2D eigenvalue weighted by molar-refractivity contribution is 6.35. The number of carboxylic acid groups (broad SMARTS) is 1. The number of halogens is 2. The minimum absolute atomic E-state index is 0.256. The van der Waals surface area contributed by atoms with Gasteiger partial charge in [0.25, 0.3) is 0 Å². The van der Waals surface area contributed by atoms with Gasteiger partial charge in [-0.05, 0) is 87.3 Å². The van der Waals surface area contributed by atoms with Gasteiger partial charge in [0.1, 0.15) is 29.7 Å². The Hall–Kier alpha value is -3.79. The molecule has 1 aliphatic heterocycles. The third-order valence-electron chi connectivity index (χ3n) is 8.08. The molecule has 0 unspecified atom stereocenters. The van der Waals surface area contributed by atoms with Gasteiger partial charge in [0.2, 0.25) is 0 Å². The maximum atomic E-state index is 11.7. The van der Waals surface area contributed by atoms with Gasteiger partial charge in [-0.2, -0.15) is 0 Å². The van der Waals surface area contributed by atoms with E-state index in [1.165, 1.54) is 0 Å². The van der Waals surface area contributed by atoms with E-state index in [1.807, 2.05) is 24.7 Å². The van der Waals surface area contributed by atoms with E-state index in [-0.39, 0.29) is 5.56 Å². The molecule has 4 heterocycles. The molecule has 3 aromatic heterocycles. The number of carbonyl (C=O) groups is 1. The van der Waals surface area contributed by atoms with Crippen LogP contribution in [0.15, 0.2) is 65.5 Å². The second-order valence-electron chi connectivity index (χ2n) is 10.9. The van der Waals surface area contributed by atoms with Crippen molar-refractivity contribution in [2.75, 3.05) is 13.1 Å². The van der Waals surface area contributed by atoms with Crippen molar-refractivity contribution in [3.8, 4) is 5.75 Å². The molecule has 0 radical (unpaired) electrons. The number of ether oxygens (including phenoxy) is 1. The Kier molecular flexibility index (Phi) is 8.74. The van der Waals surface area contributed by atoms with Crippen LogP contribution >= 0.6 is 23.2 Å². The van der Waals surface area contributed by atoms with Gasteiger partial charge in [0.15, 0.2) is 0 Å². The van der Waals surface area contributed by atoms with Crippen LogP contribution in [0.4, 0.5) is 0 Å². The molecule has 0 bridgehead atoms. The Labute approximate surface area is 259 Å². The van der Waals surface area contributed by atoms with Gasteiger partial charge in [0.05, 0.1) is 46.7 Å². The van der Waals surface area contributed by atoms with Crippen molar-refractivity contribution < 1.29 is 19.1 Å². The maximum absolute atomic E-state index is 11.7. The zero-order valence-electron chi connectivity index (χ0n) is 23.9. The summed E-state index contributed by atoms with van der Waals surface area (Å²) in [4.78, 5) is 23.4. The standard InChI is InChI=1S/C32H33Cl2N5O4/c1-2-38-20-35-16-24(38)17-39-29-14-22(32(40)41)3-7-28(29)36-31(39)18-37-11-9-21(10-12-37)13-25-5-6-26(43-25)19-42-30-8-4-23(33)15-27(30)34/h3-8,14-16,20-21H,2,9-13,17-19H2,1H3,(H,40,41). The topological polar surface area (TPSA) is 98.5 Å². The first kappa shape index (κ1) is 29.3. The largest absolute Gasteiger partial charge is 0.484 e. The van der Waals surface area contributed by atoms with Crippen molar-refractivity contribution >= 4 is 40.2 Å². The summed E-state index contributed by atoms with van der Waals surface area (Å²) in [6.07, 6.45) is 6.68. The highest BCUT2D eigenvalue weighted by atomic mass is 35.5. The van der Waals surface area contributed by atoms with E-state index < -0.39 is 5.97 Å². The van der Waals surface area contributed by atoms with Crippen LogP contribution in [0.3, 0.4) is 0 Å². The van der Waals surface area contributed by atoms with Crippen LogP contribution in [0.25, 0.3) is 11.0 Å². The lowest BCUT2D eigenvalue weighted by molar-refractivity contribution is 0.0697. The van der Waals surface area contributed by atoms with Crippen LogP contribution < -0.4 is 4.74 Å². The molecule has 5 aromatic rings. The summed E-state index contributed by atoms with van der Waals surface area (Å²) in [6, 6.07) is 14.3. The predicted molar refractivity (Wildman–Crippen MR) is 165 cm³/mol. The summed E-state index contributed by atoms with van der Waals surface area (Å²) in [5.41, 5.74) is 2.94. The molecule has 0 spiro atoms. The van der Waals surface area contributed by atoms with E-state index in [2.05, 4.69) is 25.9 Å². The maximum Gasteiger partial charge on any atom is 0.335 e. The lowest BCUT2D eigenvalue weighted by atomic mass is 9.92.